The molecular weight excluding hydrogens is 260 g/mol. The molecule has 2 aromatic rings. The first-order chi connectivity index (χ1) is 9.26. The molecular formula is C14H19ClN4. The minimum absolute atomic E-state index is 0.134. The lowest BCUT2D eigenvalue weighted by Gasteiger charge is -2.19. The van der Waals surface area contributed by atoms with Crippen LogP contribution in [0.2, 0.25) is 5.02 Å². The molecule has 2 heterocycles. The van der Waals surface area contributed by atoms with E-state index in [4.69, 9.17) is 11.6 Å². The van der Waals surface area contributed by atoms with Crippen molar-refractivity contribution in [1.29, 1.82) is 0 Å². The molecule has 1 unspecified atom stereocenters. The minimum Gasteiger partial charge on any atom is -0.309 e. The van der Waals surface area contributed by atoms with Gasteiger partial charge in [0.05, 0.1) is 23.0 Å². The number of hydrogen-bond acceptors (Lipinski definition) is 3. The van der Waals surface area contributed by atoms with E-state index in [0.29, 0.717) is 5.02 Å². The van der Waals surface area contributed by atoms with Gasteiger partial charge in [0, 0.05) is 24.9 Å². The van der Waals surface area contributed by atoms with E-state index in [1.165, 1.54) is 0 Å². The minimum atomic E-state index is 0.134. The summed E-state index contributed by atoms with van der Waals surface area (Å²) < 4.78 is 1.94. The summed E-state index contributed by atoms with van der Waals surface area (Å²) in [7, 11) is 0. The van der Waals surface area contributed by atoms with Crippen LogP contribution in [0, 0.1) is 0 Å². The number of nitrogens with zero attached hydrogens (tertiary/aromatic N) is 3. The molecule has 0 aliphatic carbocycles. The van der Waals surface area contributed by atoms with Gasteiger partial charge >= 0.3 is 0 Å². The molecule has 4 nitrogen and oxygen atoms in total. The number of aryl methyl sites for hydroxylation is 1. The third kappa shape index (κ3) is 3.33. The van der Waals surface area contributed by atoms with Crippen LogP contribution in [0.1, 0.15) is 31.3 Å². The van der Waals surface area contributed by atoms with E-state index in [2.05, 4.69) is 29.2 Å². The fourth-order valence-electron chi connectivity index (χ4n) is 2.21. The molecule has 0 saturated heterocycles. The summed E-state index contributed by atoms with van der Waals surface area (Å²) >= 11 is 6.28. The summed E-state index contributed by atoms with van der Waals surface area (Å²) in [6.07, 6.45) is 4.33. The monoisotopic (exact) mass is 278 g/mol. The average Bonchev–Trinajstić information content (AvgIpc) is 2.80. The van der Waals surface area contributed by atoms with E-state index in [-0.39, 0.29) is 6.04 Å². The fourth-order valence-corrected chi connectivity index (χ4v) is 2.48. The zero-order chi connectivity index (χ0) is 13.7. The second kappa shape index (κ2) is 6.68. The highest BCUT2D eigenvalue weighted by Crippen LogP contribution is 2.25. The lowest BCUT2D eigenvalue weighted by atomic mass is 10.1. The van der Waals surface area contributed by atoms with Crippen molar-refractivity contribution in [1.82, 2.24) is 20.1 Å². The molecule has 2 rings (SSSR count). The number of hydrogen-bond donors (Lipinski definition) is 1. The van der Waals surface area contributed by atoms with Gasteiger partial charge in [-0.05, 0) is 25.6 Å². The Morgan fingerprint density at radius 1 is 1.37 bits per heavy atom. The number of pyridine rings is 1. The maximum absolute atomic E-state index is 6.28. The van der Waals surface area contributed by atoms with Crippen LogP contribution >= 0.6 is 11.6 Å². The zero-order valence-electron chi connectivity index (χ0n) is 11.3. The first kappa shape index (κ1) is 14.0. The predicted octanol–water partition coefficient (Wildman–Crippen LogP) is 2.84. The van der Waals surface area contributed by atoms with Gasteiger partial charge in [-0.15, -0.1) is 0 Å². The number of halogens is 1. The SMILES string of the molecule is CCNC(Cc1ccccn1)c1c(Cl)cnn1CC. The lowest BCUT2D eigenvalue weighted by molar-refractivity contribution is 0.487. The van der Waals surface area contributed by atoms with Crippen molar-refractivity contribution in [3.8, 4) is 0 Å². The van der Waals surface area contributed by atoms with Crippen LogP contribution in [-0.2, 0) is 13.0 Å². The molecule has 0 aliphatic heterocycles. The highest BCUT2D eigenvalue weighted by molar-refractivity contribution is 6.31. The van der Waals surface area contributed by atoms with E-state index in [9.17, 15) is 0 Å². The molecule has 0 amide bonds. The smallest absolute Gasteiger partial charge is 0.0834 e. The molecule has 0 radical (unpaired) electrons. The Morgan fingerprint density at radius 3 is 2.84 bits per heavy atom. The Bertz CT molecular complexity index is 509. The Balaban J connectivity index is 2.27. The number of aromatic nitrogens is 3. The summed E-state index contributed by atoms with van der Waals surface area (Å²) in [5.41, 5.74) is 2.09. The summed E-state index contributed by atoms with van der Waals surface area (Å²) in [5, 5.41) is 8.48. The molecule has 19 heavy (non-hydrogen) atoms. The van der Waals surface area contributed by atoms with E-state index in [1.54, 1.807) is 6.20 Å². The van der Waals surface area contributed by atoms with Crippen molar-refractivity contribution in [2.24, 2.45) is 0 Å². The number of nitrogens with one attached hydrogen (secondary N) is 1. The maximum atomic E-state index is 6.28. The van der Waals surface area contributed by atoms with E-state index >= 15 is 0 Å². The Labute approximate surface area is 118 Å². The van der Waals surface area contributed by atoms with Crippen molar-refractivity contribution < 1.29 is 0 Å². The molecule has 102 valence electrons. The van der Waals surface area contributed by atoms with Gasteiger partial charge in [0.1, 0.15) is 0 Å². The Hall–Kier alpha value is -1.39. The van der Waals surface area contributed by atoms with Crippen LogP contribution in [0.4, 0.5) is 0 Å². The first-order valence-electron chi connectivity index (χ1n) is 6.60. The first-order valence-corrected chi connectivity index (χ1v) is 6.98. The van der Waals surface area contributed by atoms with Crippen LogP contribution in [0.3, 0.4) is 0 Å². The lowest BCUT2D eigenvalue weighted by Crippen LogP contribution is -2.26. The van der Waals surface area contributed by atoms with Crippen LogP contribution in [0.15, 0.2) is 30.6 Å². The quantitative estimate of drug-likeness (QED) is 0.884. The molecule has 0 fully saturated rings. The molecule has 0 bridgehead atoms. The maximum Gasteiger partial charge on any atom is 0.0834 e. The van der Waals surface area contributed by atoms with Crippen molar-refractivity contribution in [2.45, 2.75) is 32.9 Å². The second-order valence-electron chi connectivity index (χ2n) is 4.33. The summed E-state index contributed by atoms with van der Waals surface area (Å²) in [6, 6.07) is 6.10. The Kier molecular flexibility index (Phi) is 4.93. The van der Waals surface area contributed by atoms with Crippen molar-refractivity contribution in [3.05, 3.63) is 47.0 Å². The second-order valence-corrected chi connectivity index (χ2v) is 4.74. The third-order valence-corrected chi connectivity index (χ3v) is 3.34. The molecule has 0 aromatic carbocycles. The van der Waals surface area contributed by atoms with Gasteiger partial charge in [-0.2, -0.15) is 5.10 Å². The van der Waals surface area contributed by atoms with Gasteiger partial charge in [-0.25, -0.2) is 0 Å². The van der Waals surface area contributed by atoms with Crippen LogP contribution in [-0.4, -0.2) is 21.3 Å². The van der Waals surface area contributed by atoms with Crippen LogP contribution in [0.25, 0.3) is 0 Å². The average molecular weight is 279 g/mol. The highest BCUT2D eigenvalue weighted by atomic mass is 35.5. The molecule has 1 atom stereocenters. The van der Waals surface area contributed by atoms with Gasteiger partial charge in [-0.1, -0.05) is 24.6 Å². The van der Waals surface area contributed by atoms with Crippen LogP contribution < -0.4 is 5.32 Å². The van der Waals surface area contributed by atoms with E-state index in [1.807, 2.05) is 29.1 Å². The van der Waals surface area contributed by atoms with Gasteiger partial charge < -0.3 is 5.32 Å². The molecule has 0 aliphatic rings. The molecule has 1 N–H and O–H groups in total. The predicted molar refractivity (Wildman–Crippen MR) is 77.3 cm³/mol. The van der Waals surface area contributed by atoms with Crippen molar-refractivity contribution in [2.75, 3.05) is 6.54 Å². The Morgan fingerprint density at radius 2 is 2.21 bits per heavy atom. The number of rotatable bonds is 6. The van der Waals surface area contributed by atoms with Crippen LogP contribution in [0.5, 0.6) is 0 Å². The van der Waals surface area contributed by atoms with E-state index < -0.39 is 0 Å². The number of likely N-dealkylation sites (N-methyl/N-ethyl adjacent to an activating group) is 1. The summed E-state index contributed by atoms with van der Waals surface area (Å²) in [5.74, 6) is 0. The standard InChI is InChI=1S/C14H19ClN4/c1-3-16-13(9-11-7-5-6-8-17-11)14-12(15)10-18-19(14)4-2/h5-8,10,13,16H,3-4,9H2,1-2H3. The highest BCUT2D eigenvalue weighted by Gasteiger charge is 2.19. The summed E-state index contributed by atoms with van der Waals surface area (Å²) in [6.45, 7) is 5.84. The molecule has 2 aromatic heterocycles. The van der Waals surface area contributed by atoms with Gasteiger partial charge in [0.25, 0.3) is 0 Å². The van der Waals surface area contributed by atoms with E-state index in [0.717, 1.165) is 30.9 Å². The van der Waals surface area contributed by atoms with Crippen molar-refractivity contribution >= 4 is 11.6 Å². The van der Waals surface area contributed by atoms with Gasteiger partial charge in [0.2, 0.25) is 0 Å². The normalized spacial score (nSPS) is 12.6. The molecule has 5 heteroatoms. The molecule has 0 spiro atoms. The third-order valence-electron chi connectivity index (χ3n) is 3.05. The largest absolute Gasteiger partial charge is 0.309 e. The topological polar surface area (TPSA) is 42.7 Å². The molecule has 0 saturated carbocycles. The van der Waals surface area contributed by atoms with Crippen molar-refractivity contribution in [3.63, 3.8) is 0 Å². The zero-order valence-corrected chi connectivity index (χ0v) is 12.1. The van der Waals surface area contributed by atoms with Gasteiger partial charge in [0.15, 0.2) is 0 Å². The fraction of sp³-hybridized carbons (Fsp3) is 0.429. The summed E-state index contributed by atoms with van der Waals surface area (Å²) in [4.78, 5) is 4.38. The van der Waals surface area contributed by atoms with Gasteiger partial charge in [-0.3, -0.25) is 9.67 Å².